The number of ether oxygens (including phenoxy) is 1. The van der Waals surface area contributed by atoms with E-state index in [1.807, 2.05) is 24.3 Å². The second kappa shape index (κ2) is 6.58. The van der Waals surface area contributed by atoms with Gasteiger partial charge in [-0.05, 0) is 41.8 Å². The molecule has 0 aliphatic heterocycles. The van der Waals surface area contributed by atoms with Crippen LogP contribution in [0.4, 0.5) is 0 Å². The molecule has 0 fully saturated rings. The summed E-state index contributed by atoms with van der Waals surface area (Å²) in [5.74, 6) is -0.471. The van der Waals surface area contributed by atoms with E-state index in [-0.39, 0.29) is 11.5 Å². The highest BCUT2D eigenvalue weighted by atomic mass is 16.5. The minimum Gasteiger partial charge on any atom is -0.497 e. The number of carboxylic acids is 1. The van der Waals surface area contributed by atoms with Crippen LogP contribution in [0.3, 0.4) is 0 Å². The first-order valence-corrected chi connectivity index (χ1v) is 6.50. The average Bonchev–Trinajstić information content (AvgIpc) is 2.53. The molecule has 2 rings (SSSR count). The highest BCUT2D eigenvalue weighted by molar-refractivity contribution is 5.87. The van der Waals surface area contributed by atoms with E-state index in [4.69, 9.17) is 9.84 Å². The van der Waals surface area contributed by atoms with Gasteiger partial charge in [0.1, 0.15) is 5.75 Å². The van der Waals surface area contributed by atoms with Crippen molar-refractivity contribution in [3.8, 4) is 11.8 Å². The topological polar surface area (TPSA) is 70.3 Å². The fourth-order valence-corrected chi connectivity index (χ4v) is 2.09. The van der Waals surface area contributed by atoms with Gasteiger partial charge in [-0.3, -0.25) is 0 Å². The van der Waals surface area contributed by atoms with Gasteiger partial charge in [0.2, 0.25) is 0 Å². The molecule has 21 heavy (non-hydrogen) atoms. The van der Waals surface area contributed by atoms with Crippen molar-refractivity contribution < 1.29 is 14.6 Å². The van der Waals surface area contributed by atoms with Crippen LogP contribution in [-0.2, 0) is 6.42 Å². The first kappa shape index (κ1) is 14.6. The molecule has 4 nitrogen and oxygen atoms in total. The Bertz CT molecular complexity index is 654. The Morgan fingerprint density at radius 2 is 1.81 bits per heavy atom. The summed E-state index contributed by atoms with van der Waals surface area (Å²) in [6, 6.07) is 16.3. The Hall–Kier alpha value is -2.80. The van der Waals surface area contributed by atoms with Crippen LogP contribution in [0.2, 0.25) is 0 Å². The molecule has 1 N–H and O–H groups in total. The van der Waals surface area contributed by atoms with E-state index in [2.05, 4.69) is 6.07 Å². The number of rotatable bonds is 5. The molecule has 0 aliphatic rings. The van der Waals surface area contributed by atoms with Crippen molar-refractivity contribution in [1.82, 2.24) is 0 Å². The summed E-state index contributed by atoms with van der Waals surface area (Å²) >= 11 is 0. The molecular formula is C17H15NO3. The predicted molar refractivity (Wildman–Crippen MR) is 78.5 cm³/mol. The van der Waals surface area contributed by atoms with Crippen molar-refractivity contribution in [3.05, 3.63) is 65.2 Å². The third kappa shape index (κ3) is 3.61. The summed E-state index contributed by atoms with van der Waals surface area (Å²) in [5, 5.41) is 18.2. The molecule has 0 saturated heterocycles. The molecule has 1 unspecified atom stereocenters. The molecule has 4 heteroatoms. The van der Waals surface area contributed by atoms with Crippen LogP contribution >= 0.6 is 0 Å². The zero-order valence-electron chi connectivity index (χ0n) is 11.6. The van der Waals surface area contributed by atoms with E-state index in [1.165, 1.54) is 0 Å². The van der Waals surface area contributed by atoms with Gasteiger partial charge in [0.25, 0.3) is 0 Å². The lowest BCUT2D eigenvalue weighted by Gasteiger charge is -2.10. The second-order valence-electron chi connectivity index (χ2n) is 4.66. The molecule has 1 atom stereocenters. The molecular weight excluding hydrogens is 266 g/mol. The molecule has 0 amide bonds. The van der Waals surface area contributed by atoms with E-state index in [1.54, 1.807) is 31.4 Å². The maximum Gasteiger partial charge on any atom is 0.335 e. The van der Waals surface area contributed by atoms with Crippen LogP contribution in [0.5, 0.6) is 5.75 Å². The van der Waals surface area contributed by atoms with E-state index in [0.717, 1.165) is 16.9 Å². The Balaban J connectivity index is 2.14. The molecule has 106 valence electrons. The maximum absolute atomic E-state index is 10.8. The fraction of sp³-hybridized carbons (Fsp3) is 0.176. The first-order valence-electron chi connectivity index (χ1n) is 6.50. The smallest absolute Gasteiger partial charge is 0.335 e. The van der Waals surface area contributed by atoms with Gasteiger partial charge in [-0.15, -0.1) is 0 Å². The molecule has 0 radical (unpaired) electrons. The second-order valence-corrected chi connectivity index (χ2v) is 4.66. The Kier molecular flexibility index (Phi) is 4.57. The first-order chi connectivity index (χ1) is 10.1. The number of hydrogen-bond donors (Lipinski definition) is 1. The van der Waals surface area contributed by atoms with Gasteiger partial charge in [-0.1, -0.05) is 24.3 Å². The summed E-state index contributed by atoms with van der Waals surface area (Å²) in [4.78, 5) is 10.8. The number of carbonyl (C=O) groups is 1. The van der Waals surface area contributed by atoms with Gasteiger partial charge >= 0.3 is 5.97 Å². The number of benzene rings is 2. The van der Waals surface area contributed by atoms with Crippen molar-refractivity contribution >= 4 is 5.97 Å². The van der Waals surface area contributed by atoms with E-state index in [9.17, 15) is 10.1 Å². The minimum absolute atomic E-state index is 0.247. The number of aromatic carboxylic acids is 1. The lowest BCUT2D eigenvalue weighted by atomic mass is 9.93. The molecule has 0 spiro atoms. The molecule has 0 heterocycles. The van der Waals surface area contributed by atoms with Crippen LogP contribution in [0.25, 0.3) is 0 Å². The van der Waals surface area contributed by atoms with Gasteiger partial charge in [0, 0.05) is 0 Å². The van der Waals surface area contributed by atoms with Crippen LogP contribution in [-0.4, -0.2) is 18.2 Å². The van der Waals surface area contributed by atoms with Crippen LogP contribution in [0.15, 0.2) is 48.5 Å². The number of nitriles is 1. The van der Waals surface area contributed by atoms with Gasteiger partial charge in [-0.25, -0.2) is 4.79 Å². The van der Waals surface area contributed by atoms with Gasteiger partial charge in [0.05, 0.1) is 24.7 Å². The molecule has 0 saturated carbocycles. The van der Waals surface area contributed by atoms with E-state index >= 15 is 0 Å². The molecule has 0 aromatic heterocycles. The Morgan fingerprint density at radius 3 is 2.29 bits per heavy atom. The molecule has 0 aliphatic carbocycles. The lowest BCUT2D eigenvalue weighted by Crippen LogP contribution is -2.02. The number of carboxylic acid groups (broad SMARTS) is 1. The van der Waals surface area contributed by atoms with Crippen molar-refractivity contribution in [2.45, 2.75) is 12.3 Å². The SMILES string of the molecule is COc1ccc(C(C#N)Cc2ccc(C(=O)O)cc2)cc1. The lowest BCUT2D eigenvalue weighted by molar-refractivity contribution is 0.0697. The fourth-order valence-electron chi connectivity index (χ4n) is 2.09. The van der Waals surface area contributed by atoms with Crippen molar-refractivity contribution in [2.75, 3.05) is 7.11 Å². The van der Waals surface area contributed by atoms with Crippen molar-refractivity contribution in [1.29, 1.82) is 5.26 Å². The summed E-state index contributed by atoms with van der Waals surface area (Å²) in [5.41, 5.74) is 2.10. The third-order valence-corrected chi connectivity index (χ3v) is 3.31. The number of hydrogen-bond acceptors (Lipinski definition) is 3. The van der Waals surface area contributed by atoms with Gasteiger partial charge in [-0.2, -0.15) is 5.26 Å². The third-order valence-electron chi connectivity index (χ3n) is 3.31. The predicted octanol–water partition coefficient (Wildman–Crippen LogP) is 3.24. The minimum atomic E-state index is -0.950. The monoisotopic (exact) mass is 281 g/mol. The van der Waals surface area contributed by atoms with Gasteiger partial charge in [0.15, 0.2) is 0 Å². The zero-order chi connectivity index (χ0) is 15.2. The molecule has 2 aromatic rings. The summed E-state index contributed by atoms with van der Waals surface area (Å²) < 4.78 is 5.10. The van der Waals surface area contributed by atoms with Crippen LogP contribution < -0.4 is 4.74 Å². The zero-order valence-corrected chi connectivity index (χ0v) is 11.6. The van der Waals surface area contributed by atoms with Crippen molar-refractivity contribution in [3.63, 3.8) is 0 Å². The highest BCUT2D eigenvalue weighted by Crippen LogP contribution is 2.23. The quantitative estimate of drug-likeness (QED) is 0.913. The average molecular weight is 281 g/mol. The van der Waals surface area contributed by atoms with Crippen molar-refractivity contribution in [2.24, 2.45) is 0 Å². The number of methoxy groups -OCH3 is 1. The summed E-state index contributed by atoms with van der Waals surface area (Å²) in [6.45, 7) is 0. The molecule has 2 aromatic carbocycles. The normalized spacial score (nSPS) is 11.4. The summed E-state index contributed by atoms with van der Waals surface area (Å²) in [6.07, 6.45) is 0.544. The van der Waals surface area contributed by atoms with Crippen LogP contribution in [0.1, 0.15) is 27.4 Å². The summed E-state index contributed by atoms with van der Waals surface area (Å²) in [7, 11) is 1.60. The van der Waals surface area contributed by atoms with E-state index < -0.39 is 5.97 Å². The molecule has 0 bridgehead atoms. The Labute approximate surface area is 123 Å². The number of nitrogens with zero attached hydrogens (tertiary/aromatic N) is 1. The standard InChI is InChI=1S/C17H15NO3/c1-21-16-8-6-13(7-9-16)15(11-18)10-12-2-4-14(5-3-12)17(19)20/h2-9,15H,10H2,1H3,(H,19,20). The van der Waals surface area contributed by atoms with Crippen LogP contribution in [0, 0.1) is 11.3 Å². The largest absolute Gasteiger partial charge is 0.497 e. The maximum atomic E-state index is 10.8. The van der Waals surface area contributed by atoms with E-state index in [0.29, 0.717) is 6.42 Å². The van der Waals surface area contributed by atoms with Gasteiger partial charge < -0.3 is 9.84 Å². The Morgan fingerprint density at radius 1 is 1.19 bits per heavy atom. The highest BCUT2D eigenvalue weighted by Gasteiger charge is 2.12.